The molecule has 0 radical (unpaired) electrons. The highest BCUT2D eigenvalue weighted by Gasteiger charge is 2.11. The minimum atomic E-state index is 0.882. The van der Waals surface area contributed by atoms with Gasteiger partial charge in [-0.05, 0) is 56.1 Å². The molecule has 0 aliphatic carbocycles. The fourth-order valence-electron chi connectivity index (χ4n) is 2.89. The lowest BCUT2D eigenvalue weighted by Crippen LogP contribution is -2.18. The number of aryl methyl sites for hydroxylation is 1. The number of nitrogens with zero attached hydrogens (tertiary/aromatic N) is 1. The summed E-state index contributed by atoms with van der Waals surface area (Å²) in [5, 5.41) is 3.53. The summed E-state index contributed by atoms with van der Waals surface area (Å²) in [7, 11) is 0. The molecule has 0 bridgehead atoms. The zero-order chi connectivity index (χ0) is 14.5. The van der Waals surface area contributed by atoms with Gasteiger partial charge in [-0.25, -0.2) is 0 Å². The topological polar surface area (TPSA) is 15.3 Å². The van der Waals surface area contributed by atoms with Crippen molar-refractivity contribution >= 4 is 5.69 Å². The smallest absolute Gasteiger partial charge is 0.0400 e. The van der Waals surface area contributed by atoms with Crippen molar-refractivity contribution in [2.24, 2.45) is 0 Å². The lowest BCUT2D eigenvalue weighted by Gasteiger charge is -2.15. The van der Waals surface area contributed by atoms with Gasteiger partial charge in [0.25, 0.3) is 0 Å². The third-order valence-electron chi connectivity index (χ3n) is 4.15. The molecule has 0 saturated carbocycles. The van der Waals surface area contributed by atoms with Crippen LogP contribution in [0, 0.1) is 6.92 Å². The summed E-state index contributed by atoms with van der Waals surface area (Å²) < 4.78 is 0. The summed E-state index contributed by atoms with van der Waals surface area (Å²) in [6.45, 7) is 6.59. The van der Waals surface area contributed by atoms with Crippen LogP contribution in [-0.4, -0.2) is 18.0 Å². The number of hydrogen-bond donors (Lipinski definition) is 1. The van der Waals surface area contributed by atoms with Crippen LogP contribution in [-0.2, 0) is 13.1 Å². The van der Waals surface area contributed by atoms with E-state index in [1.54, 1.807) is 0 Å². The summed E-state index contributed by atoms with van der Waals surface area (Å²) in [6.07, 6.45) is 2.71. The highest BCUT2D eigenvalue weighted by atomic mass is 15.1. The molecule has 0 atom stereocenters. The first-order valence-corrected chi connectivity index (χ1v) is 7.90. The summed E-state index contributed by atoms with van der Waals surface area (Å²) in [5.41, 5.74) is 5.26. The van der Waals surface area contributed by atoms with Gasteiger partial charge in [-0.1, -0.05) is 42.0 Å². The van der Waals surface area contributed by atoms with E-state index in [1.807, 2.05) is 0 Å². The second kappa shape index (κ2) is 6.77. The predicted molar refractivity (Wildman–Crippen MR) is 89.5 cm³/mol. The van der Waals surface area contributed by atoms with Gasteiger partial charge in [-0.3, -0.25) is 4.90 Å². The van der Waals surface area contributed by atoms with Crippen molar-refractivity contribution in [2.45, 2.75) is 32.9 Å². The Kier molecular flexibility index (Phi) is 4.56. The molecule has 0 unspecified atom stereocenters. The summed E-state index contributed by atoms with van der Waals surface area (Å²) in [5.74, 6) is 0. The fourth-order valence-corrected chi connectivity index (χ4v) is 2.89. The summed E-state index contributed by atoms with van der Waals surface area (Å²) in [6, 6.07) is 17.5. The second-order valence-electron chi connectivity index (χ2n) is 6.02. The molecule has 2 aromatic carbocycles. The van der Waals surface area contributed by atoms with Gasteiger partial charge in [-0.15, -0.1) is 0 Å². The Morgan fingerprint density at radius 3 is 2.48 bits per heavy atom. The van der Waals surface area contributed by atoms with Crippen LogP contribution in [0.5, 0.6) is 0 Å². The van der Waals surface area contributed by atoms with Gasteiger partial charge in [0.05, 0.1) is 0 Å². The molecular formula is C19H24N2. The maximum Gasteiger partial charge on any atom is 0.0400 e. The van der Waals surface area contributed by atoms with Crippen molar-refractivity contribution in [3.05, 3.63) is 65.2 Å². The van der Waals surface area contributed by atoms with Crippen LogP contribution in [0.25, 0.3) is 0 Å². The van der Waals surface area contributed by atoms with E-state index in [-0.39, 0.29) is 0 Å². The van der Waals surface area contributed by atoms with E-state index in [0.717, 1.165) is 13.1 Å². The molecule has 0 aromatic heterocycles. The van der Waals surface area contributed by atoms with Crippen LogP contribution in [0.15, 0.2) is 48.5 Å². The van der Waals surface area contributed by atoms with E-state index in [4.69, 9.17) is 0 Å². The number of likely N-dealkylation sites (tertiary alicyclic amines) is 1. The maximum atomic E-state index is 3.53. The molecule has 21 heavy (non-hydrogen) atoms. The van der Waals surface area contributed by atoms with Crippen molar-refractivity contribution < 1.29 is 0 Å². The third kappa shape index (κ3) is 4.08. The monoisotopic (exact) mass is 280 g/mol. The van der Waals surface area contributed by atoms with E-state index in [1.165, 1.54) is 48.3 Å². The average Bonchev–Trinajstić information content (AvgIpc) is 3.00. The predicted octanol–water partition coefficient (Wildman–Crippen LogP) is 4.20. The van der Waals surface area contributed by atoms with Gasteiger partial charge < -0.3 is 5.32 Å². The molecule has 1 heterocycles. The Bertz CT molecular complexity index is 568. The molecule has 1 aliphatic heterocycles. The van der Waals surface area contributed by atoms with Crippen molar-refractivity contribution in [3.8, 4) is 0 Å². The van der Waals surface area contributed by atoms with Crippen LogP contribution in [0.1, 0.15) is 29.5 Å². The van der Waals surface area contributed by atoms with Gasteiger partial charge >= 0.3 is 0 Å². The summed E-state index contributed by atoms with van der Waals surface area (Å²) in [4.78, 5) is 2.54. The van der Waals surface area contributed by atoms with Crippen LogP contribution in [0.4, 0.5) is 5.69 Å². The molecule has 110 valence electrons. The van der Waals surface area contributed by atoms with Crippen LogP contribution < -0.4 is 5.32 Å². The molecule has 1 saturated heterocycles. The lowest BCUT2D eigenvalue weighted by atomic mass is 10.1. The van der Waals surface area contributed by atoms with E-state index in [9.17, 15) is 0 Å². The number of benzene rings is 2. The molecule has 0 amide bonds. The quantitative estimate of drug-likeness (QED) is 0.883. The SMILES string of the molecule is Cc1ccc(CNc2cccc(CN3CCCC3)c2)cc1. The zero-order valence-corrected chi connectivity index (χ0v) is 12.8. The Balaban J connectivity index is 1.58. The normalized spacial score (nSPS) is 15.3. The van der Waals surface area contributed by atoms with Crippen molar-refractivity contribution in [1.29, 1.82) is 0 Å². The molecule has 1 N–H and O–H groups in total. The molecule has 2 aromatic rings. The van der Waals surface area contributed by atoms with Gasteiger partial charge in [0.15, 0.2) is 0 Å². The van der Waals surface area contributed by atoms with E-state index in [0.29, 0.717) is 0 Å². The van der Waals surface area contributed by atoms with Crippen LogP contribution >= 0.6 is 0 Å². The number of rotatable bonds is 5. The lowest BCUT2D eigenvalue weighted by molar-refractivity contribution is 0.331. The minimum Gasteiger partial charge on any atom is -0.381 e. The Labute approximate surface area is 127 Å². The average molecular weight is 280 g/mol. The van der Waals surface area contributed by atoms with Gasteiger partial charge in [0.1, 0.15) is 0 Å². The third-order valence-corrected chi connectivity index (χ3v) is 4.15. The first-order valence-electron chi connectivity index (χ1n) is 7.90. The number of anilines is 1. The minimum absolute atomic E-state index is 0.882. The first kappa shape index (κ1) is 14.2. The standard InChI is InChI=1S/C19H24N2/c1-16-7-9-17(10-8-16)14-20-19-6-4-5-18(13-19)15-21-11-2-3-12-21/h4-10,13,20H,2-3,11-12,14-15H2,1H3. The van der Waals surface area contributed by atoms with Crippen molar-refractivity contribution in [3.63, 3.8) is 0 Å². The molecule has 0 spiro atoms. The Morgan fingerprint density at radius 2 is 1.71 bits per heavy atom. The first-order chi connectivity index (χ1) is 10.3. The van der Waals surface area contributed by atoms with Crippen molar-refractivity contribution in [1.82, 2.24) is 4.90 Å². The van der Waals surface area contributed by atoms with E-state index < -0.39 is 0 Å². The second-order valence-corrected chi connectivity index (χ2v) is 6.02. The molecule has 2 heteroatoms. The van der Waals surface area contributed by atoms with Crippen LogP contribution in [0.2, 0.25) is 0 Å². The van der Waals surface area contributed by atoms with Crippen LogP contribution in [0.3, 0.4) is 0 Å². The maximum absolute atomic E-state index is 3.53. The molecule has 1 aliphatic rings. The molecular weight excluding hydrogens is 256 g/mol. The van der Waals surface area contributed by atoms with E-state index >= 15 is 0 Å². The number of nitrogens with one attached hydrogen (secondary N) is 1. The molecule has 1 fully saturated rings. The Morgan fingerprint density at radius 1 is 0.952 bits per heavy atom. The highest BCUT2D eigenvalue weighted by Crippen LogP contribution is 2.17. The van der Waals surface area contributed by atoms with Crippen molar-refractivity contribution in [2.75, 3.05) is 18.4 Å². The van der Waals surface area contributed by atoms with E-state index in [2.05, 4.69) is 65.7 Å². The highest BCUT2D eigenvalue weighted by molar-refractivity contribution is 5.46. The largest absolute Gasteiger partial charge is 0.381 e. The van der Waals surface area contributed by atoms with Gasteiger partial charge in [0, 0.05) is 18.8 Å². The van der Waals surface area contributed by atoms with Gasteiger partial charge in [-0.2, -0.15) is 0 Å². The molecule has 2 nitrogen and oxygen atoms in total. The number of hydrogen-bond acceptors (Lipinski definition) is 2. The Hall–Kier alpha value is -1.80. The fraction of sp³-hybridized carbons (Fsp3) is 0.368. The van der Waals surface area contributed by atoms with Gasteiger partial charge in [0.2, 0.25) is 0 Å². The summed E-state index contributed by atoms with van der Waals surface area (Å²) >= 11 is 0. The zero-order valence-electron chi connectivity index (χ0n) is 12.8. The molecule has 3 rings (SSSR count).